The molecular weight excluding hydrogens is 370 g/mol. The molecule has 0 fully saturated rings. The van der Waals surface area contributed by atoms with Gasteiger partial charge in [0.25, 0.3) is 5.91 Å². The molecule has 7 heteroatoms. The van der Waals surface area contributed by atoms with Crippen LogP contribution >= 0.6 is 0 Å². The lowest BCUT2D eigenvalue weighted by Gasteiger charge is -2.10. The fraction of sp³-hybridized carbons (Fsp3) is 0.273. The van der Waals surface area contributed by atoms with E-state index in [2.05, 4.69) is 22.5 Å². The molecule has 0 unspecified atom stereocenters. The van der Waals surface area contributed by atoms with Gasteiger partial charge in [0.05, 0.1) is 13.2 Å². The van der Waals surface area contributed by atoms with Crippen molar-refractivity contribution in [3.05, 3.63) is 66.2 Å². The van der Waals surface area contributed by atoms with E-state index in [9.17, 15) is 9.59 Å². The van der Waals surface area contributed by atoms with Gasteiger partial charge in [-0.3, -0.25) is 9.59 Å². The SMILES string of the molecule is C=C(C)COc1ccc(NCC(=O)Nc2cccc(C(=O)NCCOC)c2)cc1. The van der Waals surface area contributed by atoms with E-state index >= 15 is 0 Å². The van der Waals surface area contributed by atoms with E-state index in [4.69, 9.17) is 9.47 Å². The highest BCUT2D eigenvalue weighted by atomic mass is 16.5. The van der Waals surface area contributed by atoms with Gasteiger partial charge in [-0.15, -0.1) is 0 Å². The molecule has 0 saturated heterocycles. The fourth-order valence-electron chi connectivity index (χ4n) is 2.37. The summed E-state index contributed by atoms with van der Waals surface area (Å²) in [4.78, 5) is 24.3. The number of hydrogen-bond donors (Lipinski definition) is 3. The van der Waals surface area contributed by atoms with Crippen molar-refractivity contribution in [1.82, 2.24) is 5.32 Å². The lowest BCUT2D eigenvalue weighted by molar-refractivity contribution is -0.114. The van der Waals surface area contributed by atoms with Gasteiger partial charge in [-0.1, -0.05) is 12.6 Å². The van der Waals surface area contributed by atoms with Crippen molar-refractivity contribution in [1.29, 1.82) is 0 Å². The Hall–Kier alpha value is -3.32. The minimum atomic E-state index is -0.218. The monoisotopic (exact) mass is 397 g/mol. The number of carbonyl (C=O) groups excluding carboxylic acids is 2. The minimum absolute atomic E-state index is 0.0935. The molecule has 2 aromatic rings. The lowest BCUT2D eigenvalue weighted by Crippen LogP contribution is -2.27. The average molecular weight is 397 g/mol. The molecule has 2 rings (SSSR count). The largest absolute Gasteiger partial charge is 0.489 e. The van der Waals surface area contributed by atoms with Crippen molar-refractivity contribution >= 4 is 23.2 Å². The van der Waals surface area contributed by atoms with Crippen LogP contribution in [0, 0.1) is 0 Å². The summed E-state index contributed by atoms with van der Waals surface area (Å²) in [6.07, 6.45) is 0. The third-order valence-corrected chi connectivity index (χ3v) is 3.79. The maximum atomic E-state index is 12.2. The molecule has 0 aromatic heterocycles. The minimum Gasteiger partial charge on any atom is -0.489 e. The summed E-state index contributed by atoms with van der Waals surface area (Å²) in [7, 11) is 1.57. The summed E-state index contributed by atoms with van der Waals surface area (Å²) in [5, 5.41) is 8.57. The van der Waals surface area contributed by atoms with Crippen LogP contribution in [0.4, 0.5) is 11.4 Å². The van der Waals surface area contributed by atoms with Crippen molar-refractivity contribution in [2.75, 3.05) is 44.0 Å². The first kappa shape index (κ1) is 22.0. The van der Waals surface area contributed by atoms with Crippen LogP contribution in [0.5, 0.6) is 5.75 Å². The molecule has 0 saturated carbocycles. The molecule has 0 bridgehead atoms. The maximum absolute atomic E-state index is 12.2. The van der Waals surface area contributed by atoms with Gasteiger partial charge in [0.2, 0.25) is 5.91 Å². The summed E-state index contributed by atoms with van der Waals surface area (Å²) >= 11 is 0. The normalized spacial score (nSPS) is 10.1. The predicted octanol–water partition coefficient (Wildman–Crippen LogP) is 3.07. The van der Waals surface area contributed by atoms with Gasteiger partial charge >= 0.3 is 0 Å². The Labute approximate surface area is 171 Å². The van der Waals surface area contributed by atoms with Crippen LogP contribution in [0.1, 0.15) is 17.3 Å². The summed E-state index contributed by atoms with van der Waals surface area (Å²) in [6.45, 7) is 7.12. The van der Waals surface area contributed by atoms with E-state index in [1.165, 1.54) is 0 Å². The average Bonchev–Trinajstić information content (AvgIpc) is 2.71. The number of methoxy groups -OCH3 is 1. The Morgan fingerprint density at radius 2 is 1.83 bits per heavy atom. The molecule has 0 atom stereocenters. The van der Waals surface area contributed by atoms with Crippen LogP contribution in [-0.4, -0.2) is 45.2 Å². The van der Waals surface area contributed by atoms with Crippen LogP contribution in [0.25, 0.3) is 0 Å². The molecule has 2 aromatic carbocycles. The molecule has 0 aliphatic carbocycles. The number of amides is 2. The zero-order valence-corrected chi connectivity index (χ0v) is 16.8. The van der Waals surface area contributed by atoms with Gasteiger partial charge in [0.1, 0.15) is 12.4 Å². The van der Waals surface area contributed by atoms with Crippen molar-refractivity contribution < 1.29 is 19.1 Å². The third kappa shape index (κ3) is 8.06. The molecule has 3 N–H and O–H groups in total. The number of rotatable bonds is 11. The summed E-state index contributed by atoms with van der Waals surface area (Å²) in [6, 6.07) is 14.1. The third-order valence-electron chi connectivity index (χ3n) is 3.79. The Kier molecular flexibility index (Phi) is 8.72. The quantitative estimate of drug-likeness (QED) is 0.401. The molecule has 7 nitrogen and oxygen atoms in total. The van der Waals surface area contributed by atoms with Gasteiger partial charge in [0, 0.05) is 30.6 Å². The topological polar surface area (TPSA) is 88.7 Å². The van der Waals surface area contributed by atoms with Gasteiger partial charge in [0.15, 0.2) is 0 Å². The van der Waals surface area contributed by atoms with Crippen LogP contribution < -0.4 is 20.7 Å². The van der Waals surface area contributed by atoms with E-state index in [-0.39, 0.29) is 18.4 Å². The summed E-state index contributed by atoms with van der Waals surface area (Å²) in [5.74, 6) is 0.304. The Morgan fingerprint density at radius 3 is 2.52 bits per heavy atom. The van der Waals surface area contributed by atoms with E-state index in [1.807, 2.05) is 31.2 Å². The van der Waals surface area contributed by atoms with Crippen molar-refractivity contribution in [2.24, 2.45) is 0 Å². The van der Waals surface area contributed by atoms with E-state index in [1.54, 1.807) is 31.4 Å². The van der Waals surface area contributed by atoms with Gasteiger partial charge < -0.3 is 25.4 Å². The molecule has 154 valence electrons. The van der Waals surface area contributed by atoms with E-state index in [0.717, 1.165) is 17.0 Å². The summed E-state index contributed by atoms with van der Waals surface area (Å²) in [5.41, 5.74) is 2.77. The molecule has 2 amide bonds. The predicted molar refractivity (Wildman–Crippen MR) is 115 cm³/mol. The molecule has 0 radical (unpaired) electrons. The van der Waals surface area contributed by atoms with Crippen molar-refractivity contribution in [2.45, 2.75) is 6.92 Å². The first-order valence-electron chi connectivity index (χ1n) is 9.26. The molecule has 0 heterocycles. The number of hydrogen-bond acceptors (Lipinski definition) is 5. The van der Waals surface area contributed by atoms with Crippen LogP contribution in [0.3, 0.4) is 0 Å². The Bertz CT molecular complexity index is 834. The highest BCUT2D eigenvalue weighted by Crippen LogP contribution is 2.16. The number of benzene rings is 2. The fourth-order valence-corrected chi connectivity index (χ4v) is 2.37. The van der Waals surface area contributed by atoms with Crippen molar-refractivity contribution in [3.63, 3.8) is 0 Å². The van der Waals surface area contributed by atoms with E-state index < -0.39 is 0 Å². The first-order valence-corrected chi connectivity index (χ1v) is 9.26. The zero-order chi connectivity index (χ0) is 21.1. The van der Waals surface area contributed by atoms with Crippen molar-refractivity contribution in [3.8, 4) is 5.75 Å². The number of nitrogens with one attached hydrogen (secondary N) is 3. The number of carbonyl (C=O) groups is 2. The smallest absolute Gasteiger partial charge is 0.251 e. The number of ether oxygens (including phenoxy) is 2. The van der Waals surface area contributed by atoms with Gasteiger partial charge in [-0.05, 0) is 55.0 Å². The second kappa shape index (κ2) is 11.5. The Balaban J connectivity index is 1.82. The standard InChI is InChI=1S/C22H27N3O4/c1-16(2)15-29-20-9-7-18(8-10-20)24-14-21(26)25-19-6-4-5-17(13-19)22(27)23-11-12-28-3/h4-10,13,24H,1,11-12,14-15H2,2-3H3,(H,23,27)(H,25,26). The molecule has 0 aliphatic rings. The van der Waals surface area contributed by atoms with Crippen LogP contribution in [-0.2, 0) is 9.53 Å². The first-order chi connectivity index (χ1) is 14.0. The molecular formula is C22H27N3O4. The second-order valence-corrected chi connectivity index (χ2v) is 6.50. The van der Waals surface area contributed by atoms with E-state index in [0.29, 0.717) is 31.0 Å². The molecule has 29 heavy (non-hydrogen) atoms. The van der Waals surface area contributed by atoms with Crippen LogP contribution in [0.2, 0.25) is 0 Å². The summed E-state index contributed by atoms with van der Waals surface area (Å²) < 4.78 is 10.4. The lowest BCUT2D eigenvalue weighted by atomic mass is 10.2. The highest BCUT2D eigenvalue weighted by Gasteiger charge is 2.08. The van der Waals surface area contributed by atoms with Crippen LogP contribution in [0.15, 0.2) is 60.7 Å². The van der Waals surface area contributed by atoms with Gasteiger partial charge in [-0.2, -0.15) is 0 Å². The van der Waals surface area contributed by atoms with Gasteiger partial charge in [-0.25, -0.2) is 0 Å². The molecule has 0 spiro atoms. The zero-order valence-electron chi connectivity index (χ0n) is 16.8. The maximum Gasteiger partial charge on any atom is 0.251 e. The molecule has 0 aliphatic heterocycles. The second-order valence-electron chi connectivity index (χ2n) is 6.50. The Morgan fingerprint density at radius 1 is 1.07 bits per heavy atom. The highest BCUT2D eigenvalue weighted by molar-refractivity contribution is 5.98. The number of anilines is 2.